The van der Waals surface area contributed by atoms with Gasteiger partial charge < -0.3 is 14.6 Å². The van der Waals surface area contributed by atoms with Crippen molar-refractivity contribution in [3.8, 4) is 0 Å². The molecule has 0 bridgehead atoms. The Hall–Kier alpha value is -0.870. The van der Waals surface area contributed by atoms with Gasteiger partial charge in [0.25, 0.3) is 0 Å². The normalized spacial score (nSPS) is 32.0. The van der Waals surface area contributed by atoms with Crippen LogP contribution in [0.3, 0.4) is 0 Å². The van der Waals surface area contributed by atoms with Gasteiger partial charge in [-0.2, -0.15) is 0 Å². The molecule has 3 aliphatic rings. The highest BCUT2D eigenvalue weighted by molar-refractivity contribution is 5.05. The molecule has 4 nitrogen and oxygen atoms in total. The summed E-state index contributed by atoms with van der Waals surface area (Å²) < 4.78 is 8.30. The largest absolute Gasteiger partial charge is 0.376 e. The maximum Gasteiger partial charge on any atom is 0.0952 e. The minimum Gasteiger partial charge on any atom is -0.376 e. The van der Waals surface area contributed by atoms with Crippen LogP contribution >= 0.6 is 0 Å². The summed E-state index contributed by atoms with van der Waals surface area (Å²) in [7, 11) is 0. The van der Waals surface area contributed by atoms with E-state index < -0.39 is 0 Å². The van der Waals surface area contributed by atoms with E-state index in [1.165, 1.54) is 31.4 Å². The van der Waals surface area contributed by atoms with Crippen LogP contribution in [0, 0.1) is 5.92 Å². The Morgan fingerprint density at radius 1 is 1.28 bits per heavy atom. The smallest absolute Gasteiger partial charge is 0.0952 e. The van der Waals surface area contributed by atoms with Crippen molar-refractivity contribution in [1.29, 1.82) is 0 Å². The van der Waals surface area contributed by atoms with E-state index in [9.17, 15) is 0 Å². The van der Waals surface area contributed by atoms with Crippen LogP contribution in [0.1, 0.15) is 43.8 Å². The second-order valence-corrected chi connectivity index (χ2v) is 5.98. The molecular formula is C14H21N3O. The van der Waals surface area contributed by atoms with Crippen LogP contribution in [0.5, 0.6) is 0 Å². The van der Waals surface area contributed by atoms with E-state index in [-0.39, 0.29) is 0 Å². The van der Waals surface area contributed by atoms with Crippen molar-refractivity contribution < 1.29 is 4.74 Å². The number of rotatable bonds is 5. The molecule has 4 rings (SSSR count). The zero-order valence-corrected chi connectivity index (χ0v) is 10.7. The number of imidazole rings is 1. The van der Waals surface area contributed by atoms with E-state index in [4.69, 9.17) is 4.74 Å². The van der Waals surface area contributed by atoms with Gasteiger partial charge in [0.15, 0.2) is 0 Å². The lowest BCUT2D eigenvalue weighted by atomic mass is 10.1. The summed E-state index contributed by atoms with van der Waals surface area (Å²) in [6, 6.07) is 1.28. The number of hydrogen-bond donors (Lipinski definition) is 1. The van der Waals surface area contributed by atoms with Crippen molar-refractivity contribution in [2.24, 2.45) is 5.92 Å². The van der Waals surface area contributed by atoms with Crippen LogP contribution in [0.2, 0.25) is 0 Å². The number of nitrogens with one attached hydrogen (secondary N) is 1. The fourth-order valence-electron chi connectivity index (χ4n) is 3.08. The van der Waals surface area contributed by atoms with Crippen LogP contribution in [0.25, 0.3) is 0 Å². The van der Waals surface area contributed by atoms with Gasteiger partial charge in [0.1, 0.15) is 0 Å². The predicted molar refractivity (Wildman–Crippen MR) is 68.2 cm³/mol. The number of hydrogen-bond acceptors (Lipinski definition) is 3. The molecule has 98 valence electrons. The van der Waals surface area contributed by atoms with Crippen molar-refractivity contribution in [2.45, 2.75) is 56.8 Å². The molecule has 0 spiro atoms. The van der Waals surface area contributed by atoms with Gasteiger partial charge in [-0.15, -0.1) is 0 Å². The first-order valence-corrected chi connectivity index (χ1v) is 7.27. The van der Waals surface area contributed by atoms with Crippen LogP contribution in [0.4, 0.5) is 0 Å². The lowest BCUT2D eigenvalue weighted by molar-refractivity contribution is 0.0745. The zero-order valence-electron chi connectivity index (χ0n) is 10.7. The minimum atomic E-state index is 0.443. The molecule has 0 radical (unpaired) electrons. The molecule has 3 fully saturated rings. The second-order valence-electron chi connectivity index (χ2n) is 5.98. The van der Waals surface area contributed by atoms with E-state index in [1.54, 1.807) is 0 Å². The third-order valence-corrected chi connectivity index (χ3v) is 4.44. The molecule has 1 aliphatic heterocycles. The van der Waals surface area contributed by atoms with E-state index in [0.717, 1.165) is 31.5 Å². The fraction of sp³-hybridized carbons (Fsp3) is 0.786. The Labute approximate surface area is 108 Å². The highest BCUT2D eigenvalue weighted by atomic mass is 16.5. The average Bonchev–Trinajstić information content (AvgIpc) is 3.30. The van der Waals surface area contributed by atoms with Crippen molar-refractivity contribution in [1.82, 2.24) is 14.9 Å². The highest BCUT2D eigenvalue weighted by Gasteiger charge is 2.41. The summed E-state index contributed by atoms with van der Waals surface area (Å²) in [4.78, 5) is 4.35. The minimum absolute atomic E-state index is 0.443. The lowest BCUT2D eigenvalue weighted by Crippen LogP contribution is -2.25. The van der Waals surface area contributed by atoms with Crippen LogP contribution in [-0.4, -0.2) is 28.3 Å². The molecule has 0 aromatic carbocycles. The summed E-state index contributed by atoms with van der Waals surface area (Å²) in [5.74, 6) is 0.809. The molecule has 1 N–H and O–H groups in total. The first-order chi connectivity index (χ1) is 8.92. The van der Waals surface area contributed by atoms with Gasteiger partial charge in [-0.05, 0) is 38.0 Å². The van der Waals surface area contributed by atoms with Gasteiger partial charge >= 0.3 is 0 Å². The van der Waals surface area contributed by atoms with E-state index in [2.05, 4.69) is 14.9 Å². The molecule has 1 aromatic heterocycles. The van der Waals surface area contributed by atoms with Gasteiger partial charge in [-0.3, -0.25) is 0 Å². The Kier molecular flexibility index (Phi) is 2.66. The number of aromatic nitrogens is 2. The van der Waals surface area contributed by atoms with E-state index >= 15 is 0 Å². The molecular weight excluding hydrogens is 226 g/mol. The number of nitrogens with zero attached hydrogens (tertiary/aromatic N) is 2. The van der Waals surface area contributed by atoms with Gasteiger partial charge in [0, 0.05) is 25.4 Å². The summed E-state index contributed by atoms with van der Waals surface area (Å²) >= 11 is 0. The zero-order chi connectivity index (χ0) is 11.9. The van der Waals surface area contributed by atoms with Crippen LogP contribution in [-0.2, 0) is 11.3 Å². The Balaban J connectivity index is 1.49. The summed E-state index contributed by atoms with van der Waals surface area (Å²) in [5, 5.41) is 3.58. The summed E-state index contributed by atoms with van der Waals surface area (Å²) in [6.07, 6.45) is 11.0. The molecule has 2 atom stereocenters. The molecule has 2 heterocycles. The summed E-state index contributed by atoms with van der Waals surface area (Å²) in [6.45, 7) is 1.87. The van der Waals surface area contributed by atoms with E-state index in [1.807, 2.05) is 12.5 Å². The predicted octanol–water partition coefficient (Wildman–Crippen LogP) is 1.88. The topological polar surface area (TPSA) is 39.1 Å². The molecule has 0 amide bonds. The molecule has 1 aromatic rings. The van der Waals surface area contributed by atoms with E-state index in [0.29, 0.717) is 12.1 Å². The Bertz CT molecular complexity index is 422. The highest BCUT2D eigenvalue weighted by Crippen LogP contribution is 2.43. The summed E-state index contributed by atoms with van der Waals surface area (Å²) in [5.41, 5.74) is 1.32. The molecule has 2 aliphatic carbocycles. The standard InChI is InChI=1S/C14H21N3O/c1-2-10(1)14-13(5-6-18-14)17-9-15-7-12(17)8-16-11-3-4-11/h7,9-11,13-14,16H,1-6,8H2. The monoisotopic (exact) mass is 247 g/mol. The fourth-order valence-corrected chi connectivity index (χ4v) is 3.08. The third kappa shape index (κ3) is 2.08. The third-order valence-electron chi connectivity index (χ3n) is 4.44. The lowest BCUT2D eigenvalue weighted by Gasteiger charge is -2.21. The van der Waals surface area contributed by atoms with Crippen molar-refractivity contribution >= 4 is 0 Å². The Morgan fingerprint density at radius 3 is 2.94 bits per heavy atom. The first-order valence-electron chi connectivity index (χ1n) is 7.27. The second kappa shape index (κ2) is 4.35. The maximum absolute atomic E-state index is 5.94. The van der Waals surface area contributed by atoms with Crippen molar-refractivity contribution in [3.63, 3.8) is 0 Å². The van der Waals surface area contributed by atoms with Crippen molar-refractivity contribution in [2.75, 3.05) is 6.61 Å². The van der Waals surface area contributed by atoms with Gasteiger partial charge in [0.2, 0.25) is 0 Å². The van der Waals surface area contributed by atoms with Crippen molar-refractivity contribution in [3.05, 3.63) is 18.2 Å². The SMILES string of the molecule is c1ncn(C2CCOC2C2CC2)c1CNC1CC1. The van der Waals surface area contributed by atoms with Gasteiger partial charge in [-0.1, -0.05) is 0 Å². The molecule has 1 saturated heterocycles. The first kappa shape index (κ1) is 11.0. The van der Waals surface area contributed by atoms with Crippen LogP contribution in [0.15, 0.2) is 12.5 Å². The van der Waals surface area contributed by atoms with Gasteiger partial charge in [0.05, 0.1) is 24.2 Å². The Morgan fingerprint density at radius 2 is 2.17 bits per heavy atom. The molecule has 2 saturated carbocycles. The molecule has 4 heteroatoms. The molecule has 2 unspecified atom stereocenters. The molecule has 18 heavy (non-hydrogen) atoms. The maximum atomic E-state index is 5.94. The van der Waals surface area contributed by atoms with Crippen LogP contribution < -0.4 is 5.32 Å². The van der Waals surface area contributed by atoms with Gasteiger partial charge in [-0.25, -0.2) is 4.98 Å². The number of ether oxygens (including phenoxy) is 1. The quantitative estimate of drug-likeness (QED) is 0.863. The average molecular weight is 247 g/mol.